The van der Waals surface area contributed by atoms with E-state index in [1.165, 1.54) is 0 Å². The van der Waals surface area contributed by atoms with Crippen LogP contribution in [0.25, 0.3) is 11.2 Å². The third-order valence-electron chi connectivity index (χ3n) is 3.00. The van der Waals surface area contributed by atoms with Gasteiger partial charge in [-0.3, -0.25) is 4.57 Å². The van der Waals surface area contributed by atoms with Crippen LogP contribution < -0.4 is 0 Å². The van der Waals surface area contributed by atoms with Gasteiger partial charge in [-0.05, 0) is 19.1 Å². The smallest absolute Gasteiger partial charge is 0.161 e. The minimum absolute atomic E-state index is 0.133. The molecule has 2 aromatic heterocycles. The molecule has 3 heterocycles. The van der Waals surface area contributed by atoms with Crippen LogP contribution in [0.3, 0.4) is 0 Å². The molecule has 16 heavy (non-hydrogen) atoms. The summed E-state index contributed by atoms with van der Waals surface area (Å²) in [7, 11) is 0. The number of hydrogen-bond donors (Lipinski definition) is 1. The van der Waals surface area contributed by atoms with E-state index in [1.807, 2.05) is 23.6 Å². The first-order valence-corrected chi connectivity index (χ1v) is 5.37. The Morgan fingerprint density at radius 1 is 1.50 bits per heavy atom. The third kappa shape index (κ3) is 1.40. The summed E-state index contributed by atoms with van der Waals surface area (Å²) in [5, 5.41) is 9.66. The van der Waals surface area contributed by atoms with Crippen LogP contribution in [0.5, 0.6) is 0 Å². The Kier molecular flexibility index (Phi) is 2.15. The quantitative estimate of drug-likeness (QED) is 0.780. The third-order valence-corrected chi connectivity index (χ3v) is 3.00. The summed E-state index contributed by atoms with van der Waals surface area (Å²) < 4.78 is 7.54. The van der Waals surface area contributed by atoms with Gasteiger partial charge in [0.25, 0.3) is 0 Å². The van der Waals surface area contributed by atoms with Crippen molar-refractivity contribution in [2.75, 3.05) is 0 Å². The average Bonchev–Trinajstić information content (AvgIpc) is 2.83. The van der Waals surface area contributed by atoms with Crippen molar-refractivity contribution in [1.29, 1.82) is 0 Å². The van der Waals surface area contributed by atoms with Crippen molar-refractivity contribution < 1.29 is 9.84 Å². The zero-order valence-electron chi connectivity index (χ0n) is 8.95. The lowest BCUT2D eigenvalue weighted by atomic mass is 10.2. The van der Waals surface area contributed by atoms with E-state index in [9.17, 15) is 5.11 Å². The second kappa shape index (κ2) is 3.54. The largest absolute Gasteiger partial charge is 0.390 e. The van der Waals surface area contributed by atoms with Crippen molar-refractivity contribution in [2.45, 2.75) is 31.8 Å². The molecule has 1 aliphatic rings. The second-order valence-corrected chi connectivity index (χ2v) is 4.10. The molecule has 0 bridgehead atoms. The summed E-state index contributed by atoms with van der Waals surface area (Å²) in [6.45, 7) is 1.87. The number of aliphatic hydroxyl groups is 1. The normalized spacial score (nSPS) is 30.0. The van der Waals surface area contributed by atoms with Gasteiger partial charge in [0.15, 0.2) is 5.65 Å². The fourth-order valence-electron chi connectivity index (χ4n) is 2.05. The summed E-state index contributed by atoms with van der Waals surface area (Å²) in [5.74, 6) is 0. The van der Waals surface area contributed by atoms with Crippen LogP contribution in [0.1, 0.15) is 19.6 Å². The van der Waals surface area contributed by atoms with Gasteiger partial charge in [-0.25, -0.2) is 9.97 Å². The molecule has 1 aliphatic heterocycles. The molecule has 1 N–H and O–H groups in total. The first-order chi connectivity index (χ1) is 7.75. The molecule has 0 unspecified atom stereocenters. The Bertz CT molecular complexity index is 501. The zero-order valence-corrected chi connectivity index (χ0v) is 8.95. The van der Waals surface area contributed by atoms with Crippen molar-refractivity contribution in [2.24, 2.45) is 0 Å². The SMILES string of the molecule is C[C@H]1O[C@@H](n2cnc3cccnc32)C[C@@H]1O. The van der Waals surface area contributed by atoms with E-state index < -0.39 is 6.10 Å². The highest BCUT2D eigenvalue weighted by Crippen LogP contribution is 2.30. The maximum Gasteiger partial charge on any atom is 0.161 e. The predicted molar refractivity (Wildman–Crippen MR) is 57.7 cm³/mol. The number of pyridine rings is 1. The van der Waals surface area contributed by atoms with Gasteiger partial charge >= 0.3 is 0 Å². The number of fused-ring (bicyclic) bond motifs is 1. The van der Waals surface area contributed by atoms with Gasteiger partial charge < -0.3 is 9.84 Å². The Balaban J connectivity index is 2.01. The average molecular weight is 219 g/mol. The zero-order chi connectivity index (χ0) is 11.1. The van der Waals surface area contributed by atoms with Gasteiger partial charge in [-0.2, -0.15) is 0 Å². The summed E-state index contributed by atoms with van der Waals surface area (Å²) in [6, 6.07) is 3.76. The van der Waals surface area contributed by atoms with Crippen molar-refractivity contribution in [3.05, 3.63) is 24.7 Å². The minimum Gasteiger partial charge on any atom is -0.390 e. The molecule has 1 saturated heterocycles. The van der Waals surface area contributed by atoms with Gasteiger partial charge in [0.05, 0.1) is 18.5 Å². The van der Waals surface area contributed by atoms with Gasteiger partial charge in [0.1, 0.15) is 11.7 Å². The summed E-state index contributed by atoms with van der Waals surface area (Å²) >= 11 is 0. The number of hydrogen-bond acceptors (Lipinski definition) is 4. The maximum atomic E-state index is 9.66. The molecule has 0 aromatic carbocycles. The van der Waals surface area contributed by atoms with Crippen LogP contribution in [0.15, 0.2) is 24.7 Å². The monoisotopic (exact) mass is 219 g/mol. The molecule has 1 fully saturated rings. The highest BCUT2D eigenvalue weighted by Gasteiger charge is 2.32. The lowest BCUT2D eigenvalue weighted by molar-refractivity contribution is -0.00632. The molecular weight excluding hydrogens is 206 g/mol. The van der Waals surface area contributed by atoms with Crippen LogP contribution >= 0.6 is 0 Å². The Hall–Kier alpha value is -1.46. The van der Waals surface area contributed by atoms with Crippen molar-refractivity contribution in [1.82, 2.24) is 14.5 Å². The Labute approximate surface area is 92.7 Å². The van der Waals surface area contributed by atoms with E-state index in [4.69, 9.17) is 4.74 Å². The number of imidazole rings is 1. The molecule has 0 spiro atoms. The fraction of sp³-hybridized carbons (Fsp3) is 0.455. The minimum atomic E-state index is -0.411. The summed E-state index contributed by atoms with van der Waals surface area (Å²) in [6.07, 6.45) is 3.33. The first kappa shape index (κ1) is 9.74. The van der Waals surface area contributed by atoms with Crippen molar-refractivity contribution in [3.8, 4) is 0 Å². The summed E-state index contributed by atoms with van der Waals surface area (Å²) in [4.78, 5) is 8.53. The van der Waals surface area contributed by atoms with Crippen molar-refractivity contribution in [3.63, 3.8) is 0 Å². The predicted octanol–water partition coefficient (Wildman–Crippen LogP) is 1.10. The van der Waals surface area contributed by atoms with Crippen LogP contribution in [-0.2, 0) is 4.74 Å². The lowest BCUT2D eigenvalue weighted by Crippen LogP contribution is -2.15. The highest BCUT2D eigenvalue weighted by atomic mass is 16.5. The molecule has 0 amide bonds. The molecular formula is C11H13N3O2. The first-order valence-electron chi connectivity index (χ1n) is 5.37. The molecule has 5 heteroatoms. The standard InChI is InChI=1S/C11H13N3O2/c1-7-9(15)5-10(16-7)14-6-13-8-3-2-4-12-11(8)14/h2-4,6-7,9-10,15H,5H2,1H3/t7-,9+,10-/m1/s1. The van der Waals surface area contributed by atoms with E-state index in [2.05, 4.69) is 9.97 Å². The van der Waals surface area contributed by atoms with Crippen molar-refractivity contribution >= 4 is 11.2 Å². The molecule has 0 aliphatic carbocycles. The molecule has 0 saturated carbocycles. The van der Waals surface area contributed by atoms with Gasteiger partial charge in [0.2, 0.25) is 0 Å². The van der Waals surface area contributed by atoms with E-state index >= 15 is 0 Å². The number of ether oxygens (including phenoxy) is 1. The van der Waals surface area contributed by atoms with Gasteiger partial charge in [0, 0.05) is 12.6 Å². The molecule has 0 radical (unpaired) electrons. The van der Waals surface area contributed by atoms with Gasteiger partial charge in [-0.15, -0.1) is 0 Å². The van der Waals surface area contributed by atoms with E-state index in [0.717, 1.165) is 11.2 Å². The van der Waals surface area contributed by atoms with Crippen LogP contribution in [0.2, 0.25) is 0 Å². The highest BCUT2D eigenvalue weighted by molar-refractivity contribution is 5.70. The Morgan fingerprint density at radius 3 is 3.12 bits per heavy atom. The molecule has 5 nitrogen and oxygen atoms in total. The van der Waals surface area contributed by atoms with E-state index in [-0.39, 0.29) is 12.3 Å². The lowest BCUT2D eigenvalue weighted by Gasteiger charge is -2.12. The van der Waals surface area contributed by atoms with Gasteiger partial charge in [-0.1, -0.05) is 0 Å². The second-order valence-electron chi connectivity index (χ2n) is 4.10. The van der Waals surface area contributed by atoms with Crippen LogP contribution in [0.4, 0.5) is 0 Å². The number of aliphatic hydroxyl groups excluding tert-OH is 1. The summed E-state index contributed by atoms with van der Waals surface area (Å²) in [5.41, 5.74) is 1.65. The van der Waals surface area contributed by atoms with Crippen LogP contribution in [-0.4, -0.2) is 31.8 Å². The Morgan fingerprint density at radius 2 is 2.38 bits per heavy atom. The van der Waals surface area contributed by atoms with Crippen LogP contribution in [0, 0.1) is 0 Å². The fourth-order valence-corrected chi connectivity index (χ4v) is 2.05. The molecule has 3 atom stereocenters. The van der Waals surface area contributed by atoms with E-state index in [0.29, 0.717) is 6.42 Å². The topological polar surface area (TPSA) is 60.2 Å². The molecule has 3 rings (SSSR count). The maximum absolute atomic E-state index is 9.66. The number of aromatic nitrogens is 3. The molecule has 2 aromatic rings. The van der Waals surface area contributed by atoms with E-state index in [1.54, 1.807) is 12.5 Å². The molecule has 84 valence electrons. The number of nitrogens with zero attached hydrogens (tertiary/aromatic N) is 3. The number of rotatable bonds is 1.